The SMILES string of the molecule is CCCS(=O)(=O)N1CCCC(C(=O)NCc2ccc(OC(C)C)nc2)C1. The number of pyridine rings is 1. The Morgan fingerprint density at radius 1 is 1.42 bits per heavy atom. The number of carbonyl (C=O) groups excluding carboxylic acids is 1. The molecule has 1 atom stereocenters. The predicted molar refractivity (Wildman–Crippen MR) is 100 cm³/mol. The standard InChI is InChI=1S/C18H29N3O4S/c1-4-10-26(23,24)21-9-5-6-16(13-21)18(22)20-12-15-7-8-17(19-11-15)25-14(2)3/h7-8,11,14,16H,4-6,9-10,12-13H2,1-3H3,(H,20,22). The van der Waals surface area contributed by atoms with Crippen molar-refractivity contribution in [3.05, 3.63) is 23.9 Å². The Morgan fingerprint density at radius 3 is 2.81 bits per heavy atom. The van der Waals surface area contributed by atoms with E-state index in [1.807, 2.05) is 26.8 Å². The van der Waals surface area contributed by atoms with Crippen LogP contribution in [0.5, 0.6) is 5.88 Å². The molecule has 0 bridgehead atoms. The molecule has 1 unspecified atom stereocenters. The molecule has 0 saturated carbocycles. The predicted octanol–water partition coefficient (Wildman–Crippen LogP) is 1.94. The highest BCUT2D eigenvalue weighted by Gasteiger charge is 2.31. The quantitative estimate of drug-likeness (QED) is 0.741. The van der Waals surface area contributed by atoms with Gasteiger partial charge in [-0.05, 0) is 38.7 Å². The monoisotopic (exact) mass is 383 g/mol. The normalized spacial score (nSPS) is 18.7. The summed E-state index contributed by atoms with van der Waals surface area (Å²) < 4.78 is 31.4. The average molecular weight is 384 g/mol. The van der Waals surface area contributed by atoms with Crippen molar-refractivity contribution < 1.29 is 17.9 Å². The first kappa shape index (κ1) is 20.6. The average Bonchev–Trinajstić information content (AvgIpc) is 2.60. The van der Waals surface area contributed by atoms with Crippen molar-refractivity contribution in [2.45, 2.75) is 52.7 Å². The van der Waals surface area contributed by atoms with Crippen LogP contribution in [0.2, 0.25) is 0 Å². The third-order valence-corrected chi connectivity index (χ3v) is 6.27. The lowest BCUT2D eigenvalue weighted by atomic mass is 9.99. The van der Waals surface area contributed by atoms with E-state index in [1.54, 1.807) is 12.3 Å². The second kappa shape index (κ2) is 9.32. The van der Waals surface area contributed by atoms with Gasteiger partial charge in [0.2, 0.25) is 21.8 Å². The fraction of sp³-hybridized carbons (Fsp3) is 0.667. The molecule has 1 fully saturated rings. The van der Waals surface area contributed by atoms with Gasteiger partial charge in [-0.1, -0.05) is 13.0 Å². The number of ether oxygens (including phenoxy) is 1. The summed E-state index contributed by atoms with van der Waals surface area (Å²) in [5.74, 6) is 0.285. The minimum absolute atomic E-state index is 0.0614. The van der Waals surface area contributed by atoms with Gasteiger partial charge in [-0.15, -0.1) is 0 Å². The van der Waals surface area contributed by atoms with Crippen molar-refractivity contribution >= 4 is 15.9 Å². The van der Waals surface area contributed by atoms with E-state index >= 15 is 0 Å². The molecule has 1 amide bonds. The van der Waals surface area contributed by atoms with Crippen LogP contribution < -0.4 is 10.1 Å². The summed E-state index contributed by atoms with van der Waals surface area (Å²) in [6.07, 6.45) is 3.75. The van der Waals surface area contributed by atoms with E-state index in [9.17, 15) is 13.2 Å². The van der Waals surface area contributed by atoms with Gasteiger partial charge >= 0.3 is 0 Å². The summed E-state index contributed by atoms with van der Waals surface area (Å²) in [5.41, 5.74) is 0.876. The molecular weight excluding hydrogens is 354 g/mol. The maximum atomic E-state index is 12.4. The van der Waals surface area contributed by atoms with E-state index in [4.69, 9.17) is 4.74 Å². The number of amides is 1. The van der Waals surface area contributed by atoms with Crippen LogP contribution in [0.3, 0.4) is 0 Å². The Balaban J connectivity index is 1.87. The van der Waals surface area contributed by atoms with Crippen molar-refractivity contribution in [3.8, 4) is 5.88 Å². The van der Waals surface area contributed by atoms with E-state index in [2.05, 4.69) is 10.3 Å². The number of sulfonamides is 1. The van der Waals surface area contributed by atoms with Gasteiger partial charge in [0.15, 0.2) is 0 Å². The number of nitrogens with one attached hydrogen (secondary N) is 1. The highest BCUT2D eigenvalue weighted by molar-refractivity contribution is 7.89. The van der Waals surface area contributed by atoms with Crippen LogP contribution in [0, 0.1) is 5.92 Å². The van der Waals surface area contributed by atoms with Gasteiger partial charge in [0.05, 0.1) is 17.8 Å². The number of aromatic nitrogens is 1. The van der Waals surface area contributed by atoms with Crippen LogP contribution in [-0.4, -0.2) is 48.6 Å². The maximum absolute atomic E-state index is 12.4. The summed E-state index contributed by atoms with van der Waals surface area (Å²) in [4.78, 5) is 16.6. The Kier molecular flexibility index (Phi) is 7.40. The molecule has 7 nitrogen and oxygen atoms in total. The first-order valence-corrected chi connectivity index (χ1v) is 10.8. The van der Waals surface area contributed by atoms with Gasteiger partial charge in [0.25, 0.3) is 0 Å². The highest BCUT2D eigenvalue weighted by Crippen LogP contribution is 2.20. The van der Waals surface area contributed by atoms with Crippen LogP contribution in [0.25, 0.3) is 0 Å². The lowest BCUT2D eigenvalue weighted by Crippen LogP contribution is -2.45. The Hall–Kier alpha value is -1.67. The lowest BCUT2D eigenvalue weighted by Gasteiger charge is -2.31. The second-order valence-electron chi connectivity index (χ2n) is 6.90. The summed E-state index contributed by atoms with van der Waals surface area (Å²) in [5, 5.41) is 2.89. The van der Waals surface area contributed by atoms with Crippen molar-refractivity contribution in [2.24, 2.45) is 5.92 Å². The summed E-state index contributed by atoms with van der Waals surface area (Å²) in [6, 6.07) is 3.64. The fourth-order valence-corrected chi connectivity index (χ4v) is 4.54. The molecule has 1 aliphatic rings. The zero-order valence-electron chi connectivity index (χ0n) is 15.8. The van der Waals surface area contributed by atoms with Crippen LogP contribution in [0.15, 0.2) is 18.3 Å². The number of carbonyl (C=O) groups is 1. The Labute approximate surface area is 156 Å². The molecule has 8 heteroatoms. The molecule has 26 heavy (non-hydrogen) atoms. The van der Waals surface area contributed by atoms with Crippen LogP contribution in [0.4, 0.5) is 0 Å². The molecule has 0 aromatic carbocycles. The van der Waals surface area contributed by atoms with Gasteiger partial charge in [-0.25, -0.2) is 17.7 Å². The number of hydrogen-bond donors (Lipinski definition) is 1. The Morgan fingerprint density at radius 2 is 2.19 bits per heavy atom. The van der Waals surface area contributed by atoms with Crippen LogP contribution >= 0.6 is 0 Å². The lowest BCUT2D eigenvalue weighted by molar-refractivity contribution is -0.126. The van der Waals surface area contributed by atoms with Crippen molar-refractivity contribution in [3.63, 3.8) is 0 Å². The highest BCUT2D eigenvalue weighted by atomic mass is 32.2. The molecule has 1 N–H and O–H groups in total. The zero-order valence-corrected chi connectivity index (χ0v) is 16.6. The molecule has 0 aliphatic carbocycles. The van der Waals surface area contributed by atoms with Crippen molar-refractivity contribution in [1.29, 1.82) is 0 Å². The molecule has 2 heterocycles. The minimum Gasteiger partial charge on any atom is -0.475 e. The van der Waals surface area contributed by atoms with E-state index in [0.717, 1.165) is 5.56 Å². The molecule has 1 aliphatic heterocycles. The first-order chi connectivity index (χ1) is 12.3. The molecule has 2 rings (SSSR count). The number of rotatable bonds is 8. The molecule has 1 aromatic rings. The van der Waals surface area contributed by atoms with Gasteiger partial charge in [-0.2, -0.15) is 0 Å². The topological polar surface area (TPSA) is 88.6 Å². The third-order valence-electron chi connectivity index (χ3n) is 4.23. The van der Waals surface area contributed by atoms with Crippen molar-refractivity contribution in [1.82, 2.24) is 14.6 Å². The summed E-state index contributed by atoms with van der Waals surface area (Å²) in [6.45, 7) is 6.86. The molecule has 1 saturated heterocycles. The van der Waals surface area contributed by atoms with Crippen LogP contribution in [-0.2, 0) is 21.4 Å². The third kappa shape index (κ3) is 5.95. The van der Waals surface area contributed by atoms with E-state index in [0.29, 0.717) is 38.2 Å². The van der Waals surface area contributed by atoms with Gasteiger partial charge in [0, 0.05) is 31.9 Å². The zero-order chi connectivity index (χ0) is 19.2. The molecular formula is C18H29N3O4S. The first-order valence-electron chi connectivity index (χ1n) is 9.19. The Bertz CT molecular complexity index is 689. The van der Waals surface area contributed by atoms with E-state index in [-0.39, 0.29) is 30.2 Å². The minimum atomic E-state index is -3.25. The largest absolute Gasteiger partial charge is 0.475 e. The molecule has 0 radical (unpaired) electrons. The van der Waals surface area contributed by atoms with E-state index < -0.39 is 10.0 Å². The van der Waals surface area contributed by atoms with E-state index in [1.165, 1.54) is 4.31 Å². The van der Waals surface area contributed by atoms with Gasteiger partial charge in [-0.3, -0.25) is 4.79 Å². The number of nitrogens with zero attached hydrogens (tertiary/aromatic N) is 2. The molecule has 146 valence electrons. The molecule has 1 aromatic heterocycles. The summed E-state index contributed by atoms with van der Waals surface area (Å²) in [7, 11) is -3.25. The van der Waals surface area contributed by atoms with Crippen LogP contribution in [0.1, 0.15) is 45.6 Å². The van der Waals surface area contributed by atoms with Crippen molar-refractivity contribution in [2.75, 3.05) is 18.8 Å². The number of hydrogen-bond acceptors (Lipinski definition) is 5. The molecule has 0 spiro atoms. The fourth-order valence-electron chi connectivity index (χ4n) is 2.96. The maximum Gasteiger partial charge on any atom is 0.224 e. The second-order valence-corrected chi connectivity index (χ2v) is 8.99. The van der Waals surface area contributed by atoms with Gasteiger partial charge in [0.1, 0.15) is 0 Å². The summed E-state index contributed by atoms with van der Waals surface area (Å²) >= 11 is 0. The van der Waals surface area contributed by atoms with Gasteiger partial charge < -0.3 is 10.1 Å². The smallest absolute Gasteiger partial charge is 0.224 e. The number of piperidine rings is 1.